The average Bonchev–Trinajstić information content (AvgIpc) is 3.09. The second kappa shape index (κ2) is 4.02. The molecular formula is C11H9N3O3S. The molecule has 1 fully saturated rings. The third kappa shape index (κ3) is 2.04. The SMILES string of the molecule is O=C(Nc1nc2cc([N+](=O)[O-])ccc2s1)C1CC1. The minimum atomic E-state index is -0.457. The van der Waals surface area contributed by atoms with Crippen LogP contribution in [-0.2, 0) is 4.79 Å². The van der Waals surface area contributed by atoms with Gasteiger partial charge < -0.3 is 5.32 Å². The molecule has 92 valence electrons. The highest BCUT2D eigenvalue weighted by molar-refractivity contribution is 7.22. The van der Waals surface area contributed by atoms with Crippen molar-refractivity contribution in [1.29, 1.82) is 0 Å². The summed E-state index contributed by atoms with van der Waals surface area (Å²) in [4.78, 5) is 25.9. The number of aromatic nitrogens is 1. The van der Waals surface area contributed by atoms with Gasteiger partial charge in [0.15, 0.2) is 5.13 Å². The summed E-state index contributed by atoms with van der Waals surface area (Å²) >= 11 is 1.33. The molecule has 18 heavy (non-hydrogen) atoms. The number of nitro benzene ring substituents is 1. The van der Waals surface area contributed by atoms with E-state index in [-0.39, 0.29) is 17.5 Å². The van der Waals surface area contributed by atoms with E-state index in [2.05, 4.69) is 10.3 Å². The minimum Gasteiger partial charge on any atom is -0.302 e. The van der Waals surface area contributed by atoms with Crippen molar-refractivity contribution >= 4 is 38.3 Å². The lowest BCUT2D eigenvalue weighted by atomic mass is 10.3. The Morgan fingerprint density at radius 2 is 2.28 bits per heavy atom. The van der Waals surface area contributed by atoms with Gasteiger partial charge in [-0.15, -0.1) is 0 Å². The number of rotatable bonds is 3. The van der Waals surface area contributed by atoms with Gasteiger partial charge in [-0.1, -0.05) is 11.3 Å². The van der Waals surface area contributed by atoms with Crippen molar-refractivity contribution in [2.24, 2.45) is 5.92 Å². The van der Waals surface area contributed by atoms with E-state index in [4.69, 9.17) is 0 Å². The van der Waals surface area contributed by atoms with Crippen molar-refractivity contribution in [3.05, 3.63) is 28.3 Å². The van der Waals surface area contributed by atoms with Crippen LogP contribution in [0, 0.1) is 16.0 Å². The summed E-state index contributed by atoms with van der Waals surface area (Å²) in [6.45, 7) is 0. The maximum absolute atomic E-state index is 11.6. The van der Waals surface area contributed by atoms with Crippen LogP contribution in [0.4, 0.5) is 10.8 Å². The van der Waals surface area contributed by atoms with E-state index in [1.807, 2.05) is 0 Å². The van der Waals surface area contributed by atoms with Crippen molar-refractivity contribution in [2.45, 2.75) is 12.8 Å². The average molecular weight is 263 g/mol. The van der Waals surface area contributed by atoms with E-state index in [0.717, 1.165) is 17.5 Å². The molecule has 3 rings (SSSR count). The van der Waals surface area contributed by atoms with Gasteiger partial charge in [-0.2, -0.15) is 0 Å². The zero-order valence-corrected chi connectivity index (χ0v) is 10.1. The van der Waals surface area contributed by atoms with Crippen molar-refractivity contribution in [1.82, 2.24) is 4.98 Å². The molecule has 1 amide bonds. The Hall–Kier alpha value is -2.02. The van der Waals surface area contributed by atoms with Crippen LogP contribution in [0.1, 0.15) is 12.8 Å². The molecule has 0 bridgehead atoms. The van der Waals surface area contributed by atoms with Crippen LogP contribution >= 0.6 is 11.3 Å². The molecule has 6 nitrogen and oxygen atoms in total. The summed E-state index contributed by atoms with van der Waals surface area (Å²) < 4.78 is 0.826. The lowest BCUT2D eigenvalue weighted by Gasteiger charge is -1.96. The van der Waals surface area contributed by atoms with E-state index < -0.39 is 4.92 Å². The highest BCUT2D eigenvalue weighted by Crippen LogP contribution is 2.33. The van der Waals surface area contributed by atoms with Gasteiger partial charge >= 0.3 is 0 Å². The van der Waals surface area contributed by atoms with Gasteiger partial charge in [0.2, 0.25) is 5.91 Å². The number of carbonyl (C=O) groups is 1. The number of carbonyl (C=O) groups excluding carboxylic acids is 1. The summed E-state index contributed by atoms with van der Waals surface area (Å²) in [6, 6.07) is 4.50. The predicted molar refractivity (Wildman–Crippen MR) is 67.6 cm³/mol. The Morgan fingerprint density at radius 3 is 2.94 bits per heavy atom. The standard InChI is InChI=1S/C11H9N3O3S/c15-10(6-1-2-6)13-11-12-8-5-7(14(16)17)3-4-9(8)18-11/h3-6H,1-2H2,(H,12,13,15). The van der Waals surface area contributed by atoms with Crippen LogP contribution in [0.3, 0.4) is 0 Å². The van der Waals surface area contributed by atoms with Gasteiger partial charge in [0.25, 0.3) is 5.69 Å². The van der Waals surface area contributed by atoms with Crippen LogP contribution in [0.5, 0.6) is 0 Å². The van der Waals surface area contributed by atoms with Gasteiger partial charge in [0.1, 0.15) is 0 Å². The summed E-state index contributed by atoms with van der Waals surface area (Å²) in [5.74, 6) is 0.106. The van der Waals surface area contributed by atoms with Crippen LogP contribution in [0.25, 0.3) is 10.2 Å². The zero-order valence-electron chi connectivity index (χ0n) is 9.25. The molecule has 2 aromatic rings. The van der Waals surface area contributed by atoms with Gasteiger partial charge in [-0.25, -0.2) is 4.98 Å². The molecular weight excluding hydrogens is 254 g/mol. The van der Waals surface area contributed by atoms with Gasteiger partial charge in [0, 0.05) is 18.1 Å². The first-order valence-corrected chi connectivity index (χ1v) is 6.31. The molecule has 1 N–H and O–H groups in total. The largest absolute Gasteiger partial charge is 0.302 e. The predicted octanol–water partition coefficient (Wildman–Crippen LogP) is 2.55. The number of hydrogen-bond donors (Lipinski definition) is 1. The first-order chi connectivity index (χ1) is 8.63. The topological polar surface area (TPSA) is 85.1 Å². The molecule has 1 aliphatic rings. The highest BCUT2D eigenvalue weighted by atomic mass is 32.1. The Kier molecular flexibility index (Phi) is 2.48. The normalized spacial score (nSPS) is 14.7. The van der Waals surface area contributed by atoms with Gasteiger partial charge in [-0.05, 0) is 18.9 Å². The number of benzene rings is 1. The molecule has 0 radical (unpaired) electrons. The molecule has 1 aromatic carbocycles. The van der Waals surface area contributed by atoms with E-state index in [9.17, 15) is 14.9 Å². The van der Waals surface area contributed by atoms with E-state index in [1.54, 1.807) is 6.07 Å². The highest BCUT2D eigenvalue weighted by Gasteiger charge is 2.30. The number of fused-ring (bicyclic) bond motifs is 1. The Bertz CT molecular complexity index is 648. The van der Waals surface area contributed by atoms with Crippen LogP contribution in [0.15, 0.2) is 18.2 Å². The zero-order chi connectivity index (χ0) is 12.7. The number of thiazole rings is 1. The fraction of sp³-hybridized carbons (Fsp3) is 0.273. The number of nitrogens with zero attached hydrogens (tertiary/aromatic N) is 2. The Labute approximate surface area is 106 Å². The van der Waals surface area contributed by atoms with Crippen LogP contribution in [-0.4, -0.2) is 15.8 Å². The number of hydrogen-bond acceptors (Lipinski definition) is 5. The van der Waals surface area contributed by atoms with Crippen molar-refractivity contribution in [2.75, 3.05) is 5.32 Å². The molecule has 1 aromatic heterocycles. The summed E-state index contributed by atoms with van der Waals surface area (Å²) in [6.07, 6.45) is 1.87. The fourth-order valence-electron chi connectivity index (χ4n) is 1.64. The molecule has 1 saturated carbocycles. The summed E-state index contributed by atoms with van der Waals surface area (Å²) in [5.41, 5.74) is 0.549. The quantitative estimate of drug-likeness (QED) is 0.681. The molecule has 0 unspecified atom stereocenters. The number of nitrogens with one attached hydrogen (secondary N) is 1. The van der Waals surface area contributed by atoms with Crippen LogP contribution in [0.2, 0.25) is 0 Å². The molecule has 1 heterocycles. The Balaban J connectivity index is 1.90. The first kappa shape index (κ1) is 11.1. The lowest BCUT2D eigenvalue weighted by Crippen LogP contribution is -2.12. The van der Waals surface area contributed by atoms with Crippen LogP contribution < -0.4 is 5.32 Å². The smallest absolute Gasteiger partial charge is 0.271 e. The number of amides is 1. The fourth-order valence-corrected chi connectivity index (χ4v) is 2.48. The van der Waals surface area contributed by atoms with Crippen molar-refractivity contribution in [3.63, 3.8) is 0 Å². The monoisotopic (exact) mass is 263 g/mol. The molecule has 7 heteroatoms. The second-order valence-electron chi connectivity index (χ2n) is 4.19. The third-order valence-electron chi connectivity index (χ3n) is 2.76. The lowest BCUT2D eigenvalue weighted by molar-refractivity contribution is -0.384. The van der Waals surface area contributed by atoms with E-state index >= 15 is 0 Å². The Morgan fingerprint density at radius 1 is 1.50 bits per heavy atom. The summed E-state index contributed by atoms with van der Waals surface area (Å²) in [7, 11) is 0. The molecule has 0 aliphatic heterocycles. The third-order valence-corrected chi connectivity index (χ3v) is 3.71. The second-order valence-corrected chi connectivity index (χ2v) is 5.22. The molecule has 0 saturated heterocycles. The van der Waals surface area contributed by atoms with Crippen molar-refractivity contribution < 1.29 is 9.72 Å². The van der Waals surface area contributed by atoms with Gasteiger partial charge in [0.05, 0.1) is 15.1 Å². The number of nitro groups is 1. The number of non-ortho nitro benzene ring substituents is 1. The van der Waals surface area contributed by atoms with E-state index in [0.29, 0.717) is 10.6 Å². The number of anilines is 1. The molecule has 0 spiro atoms. The molecule has 1 aliphatic carbocycles. The minimum absolute atomic E-state index is 0.00729. The van der Waals surface area contributed by atoms with Gasteiger partial charge in [-0.3, -0.25) is 14.9 Å². The first-order valence-electron chi connectivity index (χ1n) is 5.49. The van der Waals surface area contributed by atoms with Crippen molar-refractivity contribution in [3.8, 4) is 0 Å². The molecule has 0 atom stereocenters. The summed E-state index contributed by atoms with van der Waals surface area (Å²) in [5, 5.41) is 13.9. The van der Waals surface area contributed by atoms with E-state index in [1.165, 1.54) is 23.5 Å². The maximum Gasteiger partial charge on any atom is 0.271 e. The maximum atomic E-state index is 11.6.